The standard InChI is InChI=1S/C19H22N2O5S/c1-14(19(23)24)13-20(2)18(22)16-11-7-8-12-17(16)27(25,26)21(3)15-9-5-4-6-10-15/h4-12,14H,13H2,1-3H3,(H,23,24). The van der Waals surface area contributed by atoms with E-state index in [-0.39, 0.29) is 17.0 Å². The van der Waals surface area contributed by atoms with E-state index in [1.165, 1.54) is 38.1 Å². The highest BCUT2D eigenvalue weighted by Crippen LogP contribution is 2.25. The van der Waals surface area contributed by atoms with E-state index >= 15 is 0 Å². The van der Waals surface area contributed by atoms with Crippen LogP contribution in [0.1, 0.15) is 17.3 Å². The van der Waals surface area contributed by atoms with Crippen LogP contribution in [0.15, 0.2) is 59.5 Å². The number of carbonyl (C=O) groups excluding carboxylic acids is 1. The normalized spacial score (nSPS) is 12.3. The summed E-state index contributed by atoms with van der Waals surface area (Å²) >= 11 is 0. The van der Waals surface area contributed by atoms with Crippen LogP contribution < -0.4 is 4.31 Å². The molecule has 2 aromatic carbocycles. The molecule has 0 aromatic heterocycles. The Balaban J connectivity index is 2.40. The Kier molecular flexibility index (Phi) is 6.22. The molecular weight excluding hydrogens is 368 g/mol. The molecule has 8 heteroatoms. The topological polar surface area (TPSA) is 95.0 Å². The molecule has 0 aliphatic carbocycles. The second-order valence-electron chi connectivity index (χ2n) is 6.23. The molecule has 0 heterocycles. The first kappa shape index (κ1) is 20.4. The van der Waals surface area contributed by atoms with E-state index in [4.69, 9.17) is 5.11 Å². The number of para-hydroxylation sites is 1. The fourth-order valence-corrected chi connectivity index (χ4v) is 3.95. The van der Waals surface area contributed by atoms with Gasteiger partial charge in [-0.25, -0.2) is 8.42 Å². The van der Waals surface area contributed by atoms with Gasteiger partial charge >= 0.3 is 5.97 Å². The summed E-state index contributed by atoms with van der Waals surface area (Å²) < 4.78 is 27.3. The lowest BCUT2D eigenvalue weighted by Gasteiger charge is -2.23. The largest absolute Gasteiger partial charge is 0.481 e. The molecular formula is C19H22N2O5S. The van der Waals surface area contributed by atoms with Crippen molar-refractivity contribution in [2.75, 3.05) is 24.9 Å². The van der Waals surface area contributed by atoms with Gasteiger partial charge in [0.1, 0.15) is 4.90 Å². The first-order valence-corrected chi connectivity index (χ1v) is 9.71. The molecule has 0 fully saturated rings. The van der Waals surface area contributed by atoms with E-state index < -0.39 is 27.8 Å². The lowest BCUT2D eigenvalue weighted by molar-refractivity contribution is -0.141. The Morgan fingerprint density at radius 3 is 2.15 bits per heavy atom. The van der Waals surface area contributed by atoms with E-state index in [0.29, 0.717) is 5.69 Å². The van der Waals surface area contributed by atoms with Crippen LogP contribution in [0, 0.1) is 5.92 Å². The van der Waals surface area contributed by atoms with Gasteiger partial charge in [-0.15, -0.1) is 0 Å². The summed E-state index contributed by atoms with van der Waals surface area (Å²) in [5.74, 6) is -2.35. The third-order valence-corrected chi connectivity index (χ3v) is 6.04. The number of carbonyl (C=O) groups is 2. The number of amides is 1. The van der Waals surface area contributed by atoms with Gasteiger partial charge in [0.2, 0.25) is 0 Å². The third-order valence-electron chi connectivity index (χ3n) is 4.19. The van der Waals surface area contributed by atoms with Gasteiger partial charge in [-0.1, -0.05) is 37.3 Å². The van der Waals surface area contributed by atoms with Crippen molar-refractivity contribution in [1.82, 2.24) is 4.90 Å². The van der Waals surface area contributed by atoms with E-state index in [2.05, 4.69) is 0 Å². The van der Waals surface area contributed by atoms with Gasteiger partial charge in [0.05, 0.1) is 17.2 Å². The number of sulfonamides is 1. The third kappa shape index (κ3) is 4.46. The monoisotopic (exact) mass is 390 g/mol. The summed E-state index contributed by atoms with van der Waals surface area (Å²) in [5, 5.41) is 9.03. The molecule has 0 bridgehead atoms. The summed E-state index contributed by atoms with van der Waals surface area (Å²) in [6.45, 7) is 1.45. The number of aliphatic carboxylic acids is 1. The molecule has 0 radical (unpaired) electrons. The van der Waals surface area contributed by atoms with Crippen molar-refractivity contribution in [3.05, 3.63) is 60.2 Å². The second-order valence-corrected chi connectivity index (χ2v) is 8.17. The predicted molar refractivity (Wildman–Crippen MR) is 102 cm³/mol. The number of anilines is 1. The lowest BCUT2D eigenvalue weighted by Crippen LogP contribution is -2.35. The summed E-state index contributed by atoms with van der Waals surface area (Å²) in [6.07, 6.45) is 0. The van der Waals surface area contributed by atoms with Crippen LogP contribution in [0.5, 0.6) is 0 Å². The van der Waals surface area contributed by atoms with Crippen LogP contribution in [0.4, 0.5) is 5.69 Å². The number of nitrogens with zero attached hydrogens (tertiary/aromatic N) is 2. The van der Waals surface area contributed by atoms with Crippen LogP contribution in [0.2, 0.25) is 0 Å². The number of benzene rings is 2. The fourth-order valence-electron chi connectivity index (χ4n) is 2.57. The van der Waals surface area contributed by atoms with Gasteiger partial charge in [-0.05, 0) is 24.3 Å². The number of hydrogen-bond donors (Lipinski definition) is 1. The summed E-state index contributed by atoms with van der Waals surface area (Å²) in [5.41, 5.74) is 0.466. The SMILES string of the molecule is CC(CN(C)C(=O)c1ccccc1S(=O)(=O)N(C)c1ccccc1)C(=O)O. The van der Waals surface area contributed by atoms with Crippen molar-refractivity contribution in [3.8, 4) is 0 Å². The van der Waals surface area contributed by atoms with Crippen molar-refractivity contribution in [2.24, 2.45) is 5.92 Å². The fraction of sp³-hybridized carbons (Fsp3) is 0.263. The zero-order valence-corrected chi connectivity index (χ0v) is 16.2. The average molecular weight is 390 g/mol. The van der Waals surface area contributed by atoms with Gasteiger partial charge in [-0.3, -0.25) is 13.9 Å². The maximum absolute atomic E-state index is 13.1. The zero-order chi connectivity index (χ0) is 20.2. The zero-order valence-electron chi connectivity index (χ0n) is 15.4. The molecule has 0 spiro atoms. The lowest BCUT2D eigenvalue weighted by atomic mass is 10.1. The Bertz CT molecular complexity index is 928. The van der Waals surface area contributed by atoms with Crippen LogP contribution in [0.25, 0.3) is 0 Å². The quantitative estimate of drug-likeness (QED) is 0.783. The van der Waals surface area contributed by atoms with E-state index in [9.17, 15) is 18.0 Å². The van der Waals surface area contributed by atoms with Crippen LogP contribution in [-0.4, -0.2) is 50.9 Å². The Morgan fingerprint density at radius 2 is 1.56 bits per heavy atom. The van der Waals surface area contributed by atoms with Crippen molar-refractivity contribution in [1.29, 1.82) is 0 Å². The van der Waals surface area contributed by atoms with E-state index in [1.54, 1.807) is 42.5 Å². The molecule has 1 amide bonds. The van der Waals surface area contributed by atoms with Gasteiger partial charge in [0.15, 0.2) is 0 Å². The number of carboxylic acids is 1. The minimum absolute atomic E-state index is 0.000342. The smallest absolute Gasteiger partial charge is 0.308 e. The summed E-state index contributed by atoms with van der Waals surface area (Å²) in [6, 6.07) is 14.4. The highest BCUT2D eigenvalue weighted by atomic mass is 32.2. The summed E-state index contributed by atoms with van der Waals surface area (Å²) in [7, 11) is -1.11. The molecule has 0 saturated carbocycles. The van der Waals surface area contributed by atoms with Crippen molar-refractivity contribution >= 4 is 27.6 Å². The maximum atomic E-state index is 13.1. The molecule has 2 aromatic rings. The molecule has 0 aliphatic rings. The highest BCUT2D eigenvalue weighted by Gasteiger charge is 2.28. The van der Waals surface area contributed by atoms with Crippen molar-refractivity contribution < 1.29 is 23.1 Å². The van der Waals surface area contributed by atoms with Gasteiger partial charge in [0.25, 0.3) is 15.9 Å². The van der Waals surface area contributed by atoms with Crippen molar-refractivity contribution in [2.45, 2.75) is 11.8 Å². The van der Waals surface area contributed by atoms with Crippen LogP contribution >= 0.6 is 0 Å². The van der Waals surface area contributed by atoms with Gasteiger partial charge in [-0.2, -0.15) is 0 Å². The first-order valence-electron chi connectivity index (χ1n) is 8.27. The molecule has 0 aliphatic heterocycles. The molecule has 0 saturated heterocycles. The molecule has 27 heavy (non-hydrogen) atoms. The Hall–Kier alpha value is -2.87. The second kappa shape index (κ2) is 8.22. The molecule has 144 valence electrons. The summed E-state index contributed by atoms with van der Waals surface area (Å²) in [4.78, 5) is 24.9. The highest BCUT2D eigenvalue weighted by molar-refractivity contribution is 7.92. The number of hydrogen-bond acceptors (Lipinski definition) is 4. The molecule has 7 nitrogen and oxygen atoms in total. The van der Waals surface area contributed by atoms with Crippen LogP contribution in [0.3, 0.4) is 0 Å². The minimum Gasteiger partial charge on any atom is -0.481 e. The maximum Gasteiger partial charge on any atom is 0.308 e. The van der Waals surface area contributed by atoms with Crippen molar-refractivity contribution in [3.63, 3.8) is 0 Å². The molecule has 2 rings (SSSR count). The average Bonchev–Trinajstić information content (AvgIpc) is 2.67. The Morgan fingerprint density at radius 1 is 1.00 bits per heavy atom. The number of rotatable bonds is 7. The van der Waals surface area contributed by atoms with Gasteiger partial charge in [0, 0.05) is 20.6 Å². The predicted octanol–water partition coefficient (Wildman–Crippen LogP) is 2.30. The molecule has 1 unspecified atom stereocenters. The molecule has 1 N–H and O–H groups in total. The number of carboxylic acid groups (broad SMARTS) is 1. The molecule has 1 atom stereocenters. The minimum atomic E-state index is -3.98. The van der Waals surface area contributed by atoms with Gasteiger partial charge < -0.3 is 10.0 Å². The Labute approximate surface area is 158 Å². The van der Waals surface area contributed by atoms with Crippen LogP contribution in [-0.2, 0) is 14.8 Å². The van der Waals surface area contributed by atoms with E-state index in [1.807, 2.05) is 0 Å². The van der Waals surface area contributed by atoms with E-state index in [0.717, 1.165) is 4.31 Å². The first-order chi connectivity index (χ1) is 12.7.